The average Bonchev–Trinajstić information content (AvgIpc) is 2.61. The van der Waals surface area contributed by atoms with Gasteiger partial charge in [0, 0.05) is 17.4 Å². The Hall–Kier alpha value is -1.39. The van der Waals surface area contributed by atoms with E-state index in [4.69, 9.17) is 17.3 Å². The number of aromatic amines is 1. The molecule has 5 heteroatoms. The molecule has 0 atom stereocenters. The van der Waals surface area contributed by atoms with Gasteiger partial charge in [-0.3, -0.25) is 9.89 Å². The van der Waals surface area contributed by atoms with Crippen molar-refractivity contribution in [3.05, 3.63) is 28.9 Å². The fourth-order valence-electron chi connectivity index (χ4n) is 1.53. The molecule has 0 spiro atoms. The van der Waals surface area contributed by atoms with E-state index in [9.17, 15) is 4.79 Å². The number of carbonyl (C=O) groups is 1. The quantitative estimate of drug-likeness (QED) is 0.779. The summed E-state index contributed by atoms with van der Waals surface area (Å²) in [6, 6.07) is 5.32. The molecule has 2 rings (SSSR count). The third-order valence-corrected chi connectivity index (χ3v) is 2.48. The smallest absolute Gasteiger partial charge is 0.164 e. The highest BCUT2D eigenvalue weighted by Crippen LogP contribution is 2.25. The van der Waals surface area contributed by atoms with Crippen LogP contribution in [0.25, 0.3) is 10.9 Å². The first kappa shape index (κ1) is 10.1. The van der Waals surface area contributed by atoms with Gasteiger partial charge >= 0.3 is 0 Å². The Labute approximate surface area is 91.4 Å². The normalized spacial score (nSPS) is 10.8. The molecular weight excluding hydrogens is 214 g/mol. The molecule has 0 saturated heterocycles. The number of carbonyl (C=O) groups excluding carboxylic acids is 1. The maximum atomic E-state index is 11.7. The van der Waals surface area contributed by atoms with E-state index < -0.39 is 0 Å². The zero-order valence-electron chi connectivity index (χ0n) is 7.96. The van der Waals surface area contributed by atoms with E-state index in [-0.39, 0.29) is 5.78 Å². The van der Waals surface area contributed by atoms with Crippen LogP contribution in [-0.4, -0.2) is 22.5 Å². The molecule has 0 unspecified atom stereocenters. The maximum absolute atomic E-state index is 11.7. The molecule has 0 saturated carbocycles. The topological polar surface area (TPSA) is 71.8 Å². The van der Waals surface area contributed by atoms with Gasteiger partial charge in [-0.25, -0.2) is 0 Å². The number of H-pyrrole nitrogens is 1. The van der Waals surface area contributed by atoms with Gasteiger partial charge in [-0.2, -0.15) is 5.10 Å². The summed E-state index contributed by atoms with van der Waals surface area (Å²) in [5.41, 5.74) is 6.62. The summed E-state index contributed by atoms with van der Waals surface area (Å²) >= 11 is 5.92. The number of rotatable bonds is 3. The van der Waals surface area contributed by atoms with Gasteiger partial charge in [0.05, 0.1) is 5.52 Å². The minimum atomic E-state index is -0.00796. The van der Waals surface area contributed by atoms with E-state index in [2.05, 4.69) is 10.2 Å². The molecule has 2 aromatic rings. The minimum Gasteiger partial charge on any atom is -0.330 e. The fourth-order valence-corrected chi connectivity index (χ4v) is 1.77. The maximum Gasteiger partial charge on any atom is 0.164 e. The number of halogens is 1. The van der Waals surface area contributed by atoms with Gasteiger partial charge in [-0.1, -0.05) is 23.7 Å². The van der Waals surface area contributed by atoms with Crippen LogP contribution in [0.2, 0.25) is 5.15 Å². The Morgan fingerprint density at radius 2 is 2.33 bits per heavy atom. The van der Waals surface area contributed by atoms with Gasteiger partial charge in [0.2, 0.25) is 0 Å². The van der Waals surface area contributed by atoms with E-state index in [1.165, 1.54) is 0 Å². The Bertz CT molecular complexity index is 506. The van der Waals surface area contributed by atoms with Crippen LogP contribution in [0.3, 0.4) is 0 Å². The number of aromatic nitrogens is 2. The fraction of sp³-hybridized carbons (Fsp3) is 0.200. The molecule has 1 aromatic heterocycles. The number of benzene rings is 1. The first-order chi connectivity index (χ1) is 7.24. The molecule has 1 heterocycles. The van der Waals surface area contributed by atoms with Gasteiger partial charge in [-0.05, 0) is 12.6 Å². The first-order valence-electron chi connectivity index (χ1n) is 4.60. The number of nitrogens with one attached hydrogen (secondary N) is 1. The lowest BCUT2D eigenvalue weighted by Gasteiger charge is -2.00. The molecule has 78 valence electrons. The number of Topliss-reactive ketones (excluding diaryl/α,β-unsaturated/α-hetero) is 1. The summed E-state index contributed by atoms with van der Waals surface area (Å²) in [4.78, 5) is 11.7. The zero-order valence-corrected chi connectivity index (χ0v) is 8.71. The molecule has 4 nitrogen and oxygen atoms in total. The summed E-state index contributed by atoms with van der Waals surface area (Å²) in [6.07, 6.45) is 0.320. The third kappa shape index (κ3) is 1.73. The molecule has 1 aromatic carbocycles. The summed E-state index contributed by atoms with van der Waals surface area (Å²) in [5.74, 6) is -0.00796. The van der Waals surface area contributed by atoms with Crippen LogP contribution in [0.5, 0.6) is 0 Å². The van der Waals surface area contributed by atoms with Gasteiger partial charge in [-0.15, -0.1) is 0 Å². The highest BCUT2D eigenvalue weighted by molar-refractivity contribution is 6.35. The van der Waals surface area contributed by atoms with Gasteiger partial charge in [0.15, 0.2) is 5.78 Å². The second-order valence-corrected chi connectivity index (χ2v) is 3.58. The van der Waals surface area contributed by atoms with E-state index in [0.717, 1.165) is 0 Å². The largest absolute Gasteiger partial charge is 0.330 e. The van der Waals surface area contributed by atoms with Gasteiger partial charge < -0.3 is 5.73 Å². The average molecular weight is 224 g/mol. The van der Waals surface area contributed by atoms with Crippen LogP contribution in [0, 0.1) is 0 Å². The van der Waals surface area contributed by atoms with Crippen LogP contribution >= 0.6 is 11.6 Å². The summed E-state index contributed by atoms with van der Waals surface area (Å²) in [5, 5.41) is 7.70. The summed E-state index contributed by atoms with van der Waals surface area (Å²) < 4.78 is 0. The Morgan fingerprint density at radius 3 is 3.07 bits per heavy atom. The number of hydrogen-bond acceptors (Lipinski definition) is 3. The predicted octanol–water partition coefficient (Wildman–Crippen LogP) is 1.75. The first-order valence-corrected chi connectivity index (χ1v) is 4.97. The van der Waals surface area contributed by atoms with Crippen molar-refractivity contribution < 1.29 is 4.79 Å². The van der Waals surface area contributed by atoms with Crippen LogP contribution in [0.15, 0.2) is 18.2 Å². The second kappa shape index (κ2) is 4.00. The standard InChI is InChI=1S/C10H10ClN3O/c11-10-9-6(8(15)4-5-12)2-1-3-7(9)13-14-10/h1-3H,4-5,12H2,(H,13,14). The van der Waals surface area contributed by atoms with E-state index in [0.29, 0.717) is 34.6 Å². The van der Waals surface area contributed by atoms with Crippen molar-refractivity contribution >= 4 is 28.3 Å². The zero-order chi connectivity index (χ0) is 10.8. The van der Waals surface area contributed by atoms with Crippen molar-refractivity contribution in [2.24, 2.45) is 5.73 Å². The molecule has 0 radical (unpaired) electrons. The van der Waals surface area contributed by atoms with Gasteiger partial charge in [0.1, 0.15) is 5.15 Å². The molecule has 0 bridgehead atoms. The monoisotopic (exact) mass is 223 g/mol. The summed E-state index contributed by atoms with van der Waals surface area (Å²) in [7, 11) is 0. The number of hydrogen-bond donors (Lipinski definition) is 2. The van der Waals surface area contributed by atoms with Crippen molar-refractivity contribution in [2.45, 2.75) is 6.42 Å². The number of ketones is 1. The van der Waals surface area contributed by atoms with Crippen LogP contribution in [0.4, 0.5) is 0 Å². The molecule has 0 amide bonds. The molecule has 0 aliphatic rings. The molecule has 0 aliphatic carbocycles. The highest BCUT2D eigenvalue weighted by atomic mass is 35.5. The van der Waals surface area contributed by atoms with Crippen LogP contribution in [0.1, 0.15) is 16.8 Å². The molecule has 3 N–H and O–H groups in total. The lowest BCUT2D eigenvalue weighted by Crippen LogP contribution is -2.08. The van der Waals surface area contributed by atoms with Gasteiger partial charge in [0.25, 0.3) is 0 Å². The minimum absolute atomic E-state index is 0.00796. The predicted molar refractivity (Wildman–Crippen MR) is 59.1 cm³/mol. The third-order valence-electron chi connectivity index (χ3n) is 2.21. The number of fused-ring (bicyclic) bond motifs is 1. The van der Waals surface area contributed by atoms with Crippen LogP contribution in [-0.2, 0) is 0 Å². The van der Waals surface area contributed by atoms with Crippen molar-refractivity contribution in [3.8, 4) is 0 Å². The highest BCUT2D eigenvalue weighted by Gasteiger charge is 2.13. The van der Waals surface area contributed by atoms with Crippen molar-refractivity contribution in [1.82, 2.24) is 10.2 Å². The lowest BCUT2D eigenvalue weighted by molar-refractivity contribution is 0.0987. The lowest BCUT2D eigenvalue weighted by atomic mass is 10.0. The number of nitrogens with zero attached hydrogens (tertiary/aromatic N) is 1. The molecule has 15 heavy (non-hydrogen) atoms. The van der Waals surface area contributed by atoms with E-state index >= 15 is 0 Å². The van der Waals surface area contributed by atoms with E-state index in [1.807, 2.05) is 0 Å². The molecule has 0 fully saturated rings. The van der Waals surface area contributed by atoms with Crippen LogP contribution < -0.4 is 5.73 Å². The van der Waals surface area contributed by atoms with E-state index in [1.54, 1.807) is 18.2 Å². The number of nitrogens with two attached hydrogens (primary N) is 1. The molecule has 0 aliphatic heterocycles. The van der Waals surface area contributed by atoms with Crippen molar-refractivity contribution in [3.63, 3.8) is 0 Å². The van der Waals surface area contributed by atoms with Crippen molar-refractivity contribution in [1.29, 1.82) is 0 Å². The van der Waals surface area contributed by atoms with Crippen molar-refractivity contribution in [2.75, 3.05) is 6.54 Å². The summed E-state index contributed by atoms with van der Waals surface area (Å²) in [6.45, 7) is 0.338. The molecular formula is C10H10ClN3O. The Balaban J connectivity index is 2.59. The Morgan fingerprint density at radius 1 is 1.53 bits per heavy atom. The SMILES string of the molecule is NCCC(=O)c1cccc2n[nH]c(Cl)c12. The Kier molecular flexibility index (Phi) is 2.70. The second-order valence-electron chi connectivity index (χ2n) is 3.20.